The van der Waals surface area contributed by atoms with Crippen LogP contribution in [0.5, 0.6) is 0 Å². The first-order valence-corrected chi connectivity index (χ1v) is 11.6. The number of benzene rings is 2. The molecule has 0 saturated carbocycles. The predicted molar refractivity (Wildman–Crippen MR) is 136 cm³/mol. The number of nitrogens with one attached hydrogen (secondary N) is 2. The standard InChI is InChI=1S/C25H21ClFN7O2/c1-36-34-21(35)8-6-17-23(22-18(26)3-2-4-19(22)27)31-25(32-24(17)34)30-16-5-7-20(15(13-16)14-28)33-11-9-29-10-12-33/h2-8,13,29H,9-12H2,1H3,(H,30,31,32). The van der Waals surface area contributed by atoms with E-state index in [9.17, 15) is 14.4 Å². The molecular weight excluding hydrogens is 485 g/mol. The molecular formula is C25H21ClFN7O2. The molecule has 0 bridgehead atoms. The van der Waals surface area contributed by atoms with Gasteiger partial charge in [0.1, 0.15) is 19.0 Å². The van der Waals surface area contributed by atoms with Gasteiger partial charge in [0.15, 0.2) is 5.65 Å². The Hall–Kier alpha value is -4.20. The summed E-state index contributed by atoms with van der Waals surface area (Å²) < 4.78 is 15.9. The van der Waals surface area contributed by atoms with Crippen molar-refractivity contribution in [2.45, 2.75) is 0 Å². The van der Waals surface area contributed by atoms with Crippen molar-refractivity contribution in [3.8, 4) is 17.3 Å². The Balaban J connectivity index is 1.64. The monoisotopic (exact) mass is 505 g/mol. The van der Waals surface area contributed by atoms with Gasteiger partial charge in [-0.3, -0.25) is 4.79 Å². The highest BCUT2D eigenvalue weighted by molar-refractivity contribution is 6.33. The third-order valence-corrected chi connectivity index (χ3v) is 6.24. The number of nitriles is 1. The molecule has 0 aliphatic carbocycles. The SMILES string of the molecule is COn1c(=O)ccc2c(-c3c(F)cccc3Cl)nc(Nc3ccc(N4CCNCC4)c(C#N)c3)nc21. The lowest BCUT2D eigenvalue weighted by Crippen LogP contribution is -2.43. The Morgan fingerprint density at radius 1 is 1.17 bits per heavy atom. The van der Waals surface area contributed by atoms with E-state index in [0.29, 0.717) is 16.6 Å². The van der Waals surface area contributed by atoms with Gasteiger partial charge in [0, 0.05) is 43.3 Å². The summed E-state index contributed by atoms with van der Waals surface area (Å²) in [6.07, 6.45) is 0. The summed E-state index contributed by atoms with van der Waals surface area (Å²) >= 11 is 6.35. The van der Waals surface area contributed by atoms with Crippen molar-refractivity contribution >= 4 is 40.0 Å². The van der Waals surface area contributed by atoms with Gasteiger partial charge in [0.05, 0.1) is 27.5 Å². The van der Waals surface area contributed by atoms with Crippen molar-refractivity contribution in [3.63, 3.8) is 0 Å². The molecule has 9 nitrogen and oxygen atoms in total. The number of pyridine rings is 1. The second kappa shape index (κ2) is 9.81. The summed E-state index contributed by atoms with van der Waals surface area (Å²) in [5.74, 6) is -0.497. The van der Waals surface area contributed by atoms with Gasteiger partial charge in [-0.25, -0.2) is 9.37 Å². The maximum Gasteiger partial charge on any atom is 0.285 e. The fourth-order valence-corrected chi connectivity index (χ4v) is 4.51. The zero-order valence-electron chi connectivity index (χ0n) is 19.3. The number of hydrogen-bond acceptors (Lipinski definition) is 8. The molecule has 1 aliphatic heterocycles. The first kappa shape index (κ1) is 23.5. The van der Waals surface area contributed by atoms with Crippen LogP contribution < -0.4 is 25.9 Å². The fraction of sp³-hybridized carbons (Fsp3) is 0.200. The zero-order chi connectivity index (χ0) is 25.2. The summed E-state index contributed by atoms with van der Waals surface area (Å²) in [5.41, 5.74) is 1.83. The lowest BCUT2D eigenvalue weighted by Gasteiger charge is -2.30. The van der Waals surface area contributed by atoms with E-state index in [0.717, 1.165) is 36.6 Å². The topological polar surface area (TPSA) is 108 Å². The molecule has 2 N–H and O–H groups in total. The van der Waals surface area contributed by atoms with Crippen LogP contribution in [0.15, 0.2) is 53.3 Å². The molecule has 3 heterocycles. The van der Waals surface area contributed by atoms with Crippen LogP contribution in [0.2, 0.25) is 5.02 Å². The summed E-state index contributed by atoms with van der Waals surface area (Å²) in [4.78, 5) is 28.8. The highest BCUT2D eigenvalue weighted by atomic mass is 35.5. The first-order chi connectivity index (χ1) is 17.5. The van der Waals surface area contributed by atoms with Gasteiger partial charge in [-0.2, -0.15) is 10.2 Å². The minimum absolute atomic E-state index is 0.0719. The van der Waals surface area contributed by atoms with E-state index in [1.54, 1.807) is 12.1 Å². The predicted octanol–water partition coefficient (Wildman–Crippen LogP) is 3.33. The maximum atomic E-state index is 14.9. The summed E-state index contributed by atoms with van der Waals surface area (Å²) in [6.45, 7) is 3.30. The summed E-state index contributed by atoms with van der Waals surface area (Å²) in [7, 11) is 1.33. The molecule has 1 aliphatic rings. The van der Waals surface area contributed by atoms with E-state index in [1.807, 2.05) is 12.1 Å². The number of nitrogens with zero attached hydrogens (tertiary/aromatic N) is 5. The Kier molecular flexibility index (Phi) is 6.41. The number of halogens is 2. The van der Waals surface area contributed by atoms with Gasteiger partial charge < -0.3 is 20.4 Å². The Morgan fingerprint density at radius 2 is 1.97 bits per heavy atom. The van der Waals surface area contributed by atoms with Crippen molar-refractivity contribution in [2.24, 2.45) is 0 Å². The summed E-state index contributed by atoms with van der Waals surface area (Å²) in [5, 5.41) is 16.7. The molecule has 1 fully saturated rings. The number of aromatic nitrogens is 3. The van der Waals surface area contributed by atoms with E-state index in [4.69, 9.17) is 16.4 Å². The van der Waals surface area contributed by atoms with Crippen LogP contribution in [0.25, 0.3) is 22.3 Å². The van der Waals surface area contributed by atoms with E-state index >= 15 is 0 Å². The fourth-order valence-electron chi connectivity index (χ4n) is 4.25. The molecule has 182 valence electrons. The van der Waals surface area contributed by atoms with Crippen LogP contribution in [-0.2, 0) is 0 Å². The minimum atomic E-state index is -0.573. The van der Waals surface area contributed by atoms with Gasteiger partial charge in [0.25, 0.3) is 5.56 Å². The smallest absolute Gasteiger partial charge is 0.285 e. The largest absolute Gasteiger partial charge is 0.412 e. The Bertz CT molecular complexity index is 1540. The summed E-state index contributed by atoms with van der Waals surface area (Å²) in [6, 6.07) is 14.8. The van der Waals surface area contributed by atoms with Gasteiger partial charge in [-0.15, -0.1) is 4.73 Å². The van der Waals surface area contributed by atoms with Crippen LogP contribution in [0.4, 0.5) is 21.7 Å². The average molecular weight is 506 g/mol. The first-order valence-electron chi connectivity index (χ1n) is 11.2. The number of hydrogen-bond donors (Lipinski definition) is 2. The molecule has 5 rings (SSSR count). The van der Waals surface area contributed by atoms with E-state index in [1.165, 1.54) is 31.4 Å². The molecule has 0 spiro atoms. The molecule has 0 amide bonds. The molecule has 0 atom stereocenters. The minimum Gasteiger partial charge on any atom is -0.412 e. The van der Waals surface area contributed by atoms with Crippen molar-refractivity contribution in [3.05, 3.63) is 75.3 Å². The van der Waals surface area contributed by atoms with Crippen molar-refractivity contribution in [2.75, 3.05) is 43.5 Å². The molecule has 0 unspecified atom stereocenters. The lowest BCUT2D eigenvalue weighted by molar-refractivity contribution is 0.167. The normalized spacial score (nSPS) is 13.4. The second-order valence-corrected chi connectivity index (χ2v) is 8.49. The van der Waals surface area contributed by atoms with Crippen molar-refractivity contribution in [1.82, 2.24) is 20.0 Å². The van der Waals surface area contributed by atoms with Gasteiger partial charge in [-0.05, 0) is 36.4 Å². The van der Waals surface area contributed by atoms with Crippen LogP contribution in [0, 0.1) is 17.1 Å². The molecule has 0 radical (unpaired) electrons. The zero-order valence-corrected chi connectivity index (χ0v) is 20.0. The van der Waals surface area contributed by atoms with Crippen LogP contribution in [0.3, 0.4) is 0 Å². The molecule has 2 aromatic carbocycles. The van der Waals surface area contributed by atoms with E-state index in [-0.39, 0.29) is 27.9 Å². The van der Waals surface area contributed by atoms with E-state index in [2.05, 4.69) is 31.6 Å². The molecule has 4 aromatic rings. The third kappa shape index (κ3) is 4.30. The molecule has 36 heavy (non-hydrogen) atoms. The van der Waals surface area contributed by atoms with Crippen LogP contribution >= 0.6 is 11.6 Å². The van der Waals surface area contributed by atoms with Crippen molar-refractivity contribution < 1.29 is 9.23 Å². The highest BCUT2D eigenvalue weighted by Gasteiger charge is 2.20. The van der Waals surface area contributed by atoms with Gasteiger partial charge in [0.2, 0.25) is 5.95 Å². The maximum absolute atomic E-state index is 14.9. The molecule has 1 saturated heterocycles. The van der Waals surface area contributed by atoms with E-state index < -0.39 is 11.4 Å². The number of rotatable bonds is 5. The number of anilines is 3. The third-order valence-electron chi connectivity index (χ3n) is 5.92. The lowest BCUT2D eigenvalue weighted by atomic mass is 10.1. The average Bonchev–Trinajstić information content (AvgIpc) is 2.89. The number of piperazine rings is 1. The molecule has 2 aromatic heterocycles. The molecule has 11 heteroatoms. The second-order valence-electron chi connectivity index (χ2n) is 8.08. The van der Waals surface area contributed by atoms with Gasteiger partial charge in [-0.1, -0.05) is 17.7 Å². The van der Waals surface area contributed by atoms with Gasteiger partial charge >= 0.3 is 0 Å². The quantitative estimate of drug-likeness (QED) is 0.425. The van der Waals surface area contributed by atoms with Crippen molar-refractivity contribution in [1.29, 1.82) is 5.26 Å². The van der Waals surface area contributed by atoms with Crippen LogP contribution in [0.1, 0.15) is 5.56 Å². The Morgan fingerprint density at radius 3 is 2.69 bits per heavy atom. The highest BCUT2D eigenvalue weighted by Crippen LogP contribution is 2.34. The Labute approximate surface area is 210 Å². The number of fused-ring (bicyclic) bond motifs is 1. The van der Waals surface area contributed by atoms with Crippen LogP contribution in [-0.4, -0.2) is 48.0 Å².